The van der Waals surface area contributed by atoms with E-state index in [4.69, 9.17) is 4.74 Å². The molecule has 0 bridgehead atoms. The van der Waals surface area contributed by atoms with E-state index in [0.29, 0.717) is 12.6 Å². The summed E-state index contributed by atoms with van der Waals surface area (Å²) in [6, 6.07) is 6.49. The van der Waals surface area contributed by atoms with Gasteiger partial charge in [-0.15, -0.1) is 0 Å². The third-order valence-corrected chi connectivity index (χ3v) is 3.62. The fraction of sp³-hybridized carbons (Fsp3) is 0.400. The van der Waals surface area contributed by atoms with Crippen molar-refractivity contribution in [2.45, 2.75) is 25.5 Å². The van der Waals surface area contributed by atoms with E-state index < -0.39 is 0 Å². The molecule has 3 heterocycles. The molecular formula is C15H18N4O. The molecule has 0 radical (unpaired) electrons. The average molecular weight is 270 g/mol. The first-order valence-corrected chi connectivity index (χ1v) is 6.85. The smallest absolute Gasteiger partial charge is 0.132 e. The van der Waals surface area contributed by atoms with E-state index in [0.717, 1.165) is 24.5 Å². The maximum Gasteiger partial charge on any atom is 0.132 e. The minimum atomic E-state index is 0.356. The number of hydrogen-bond acceptors (Lipinski definition) is 5. The first-order chi connectivity index (χ1) is 9.88. The van der Waals surface area contributed by atoms with Crippen LogP contribution in [0.2, 0.25) is 0 Å². The second-order valence-corrected chi connectivity index (χ2v) is 4.94. The van der Waals surface area contributed by atoms with Gasteiger partial charge in [0, 0.05) is 32.1 Å². The molecule has 1 aliphatic heterocycles. The van der Waals surface area contributed by atoms with E-state index in [1.165, 1.54) is 12.0 Å². The third kappa shape index (κ3) is 2.63. The van der Waals surface area contributed by atoms with Crippen molar-refractivity contribution in [2.24, 2.45) is 0 Å². The topological polar surface area (TPSA) is 51.1 Å². The summed E-state index contributed by atoms with van der Waals surface area (Å²) in [6.07, 6.45) is 7.67. The number of nitrogens with zero attached hydrogens (tertiary/aromatic N) is 4. The summed E-state index contributed by atoms with van der Waals surface area (Å²) >= 11 is 0. The van der Waals surface area contributed by atoms with Gasteiger partial charge < -0.3 is 9.64 Å². The highest BCUT2D eigenvalue weighted by Gasteiger charge is 2.27. The molecule has 1 saturated heterocycles. The van der Waals surface area contributed by atoms with Crippen LogP contribution in [0, 0.1) is 0 Å². The summed E-state index contributed by atoms with van der Waals surface area (Å²) in [7, 11) is 1.68. The molecule has 104 valence electrons. The van der Waals surface area contributed by atoms with Crippen LogP contribution in [0.25, 0.3) is 0 Å². The van der Waals surface area contributed by atoms with Gasteiger partial charge in [0.25, 0.3) is 0 Å². The van der Waals surface area contributed by atoms with Gasteiger partial charge in [0.05, 0.1) is 18.3 Å². The van der Waals surface area contributed by atoms with Gasteiger partial charge in [0.15, 0.2) is 0 Å². The Morgan fingerprint density at radius 2 is 2.35 bits per heavy atom. The summed E-state index contributed by atoms with van der Waals surface area (Å²) in [5.74, 6) is 0.971. The Labute approximate surface area is 118 Å². The number of pyridine rings is 1. The highest BCUT2D eigenvalue weighted by atomic mass is 16.5. The maximum absolute atomic E-state index is 5.14. The normalized spacial score (nSPS) is 18.4. The van der Waals surface area contributed by atoms with Crippen LogP contribution in [-0.4, -0.2) is 28.6 Å². The Morgan fingerprint density at radius 1 is 1.40 bits per heavy atom. The first kappa shape index (κ1) is 13.0. The second-order valence-electron chi connectivity index (χ2n) is 4.94. The summed E-state index contributed by atoms with van der Waals surface area (Å²) in [6.45, 7) is 1.53. The quantitative estimate of drug-likeness (QED) is 0.853. The summed E-state index contributed by atoms with van der Waals surface area (Å²) in [5, 5.41) is 0. The Bertz CT molecular complexity index is 561. The van der Waals surface area contributed by atoms with Gasteiger partial charge in [-0.05, 0) is 24.5 Å². The van der Waals surface area contributed by atoms with Crippen molar-refractivity contribution in [3.63, 3.8) is 0 Å². The fourth-order valence-electron chi connectivity index (χ4n) is 2.73. The van der Waals surface area contributed by atoms with Crippen LogP contribution in [0.4, 0.5) is 5.82 Å². The zero-order valence-electron chi connectivity index (χ0n) is 11.6. The molecule has 20 heavy (non-hydrogen) atoms. The van der Waals surface area contributed by atoms with Gasteiger partial charge >= 0.3 is 0 Å². The summed E-state index contributed by atoms with van der Waals surface area (Å²) in [5.41, 5.74) is 2.16. The molecule has 3 rings (SSSR count). The van der Waals surface area contributed by atoms with Crippen molar-refractivity contribution in [1.82, 2.24) is 15.0 Å². The van der Waals surface area contributed by atoms with E-state index >= 15 is 0 Å². The van der Waals surface area contributed by atoms with Gasteiger partial charge in [-0.1, -0.05) is 6.07 Å². The van der Waals surface area contributed by atoms with E-state index in [1.807, 2.05) is 24.5 Å². The molecule has 0 saturated carbocycles. The lowest BCUT2D eigenvalue weighted by Crippen LogP contribution is -2.24. The molecule has 1 aliphatic rings. The predicted molar refractivity (Wildman–Crippen MR) is 76.3 cm³/mol. The molecule has 1 unspecified atom stereocenters. The van der Waals surface area contributed by atoms with Gasteiger partial charge in [0.2, 0.25) is 0 Å². The molecule has 1 atom stereocenters. The largest absolute Gasteiger partial charge is 0.378 e. The van der Waals surface area contributed by atoms with Crippen LogP contribution < -0.4 is 4.90 Å². The van der Waals surface area contributed by atoms with E-state index in [2.05, 4.69) is 25.9 Å². The molecule has 2 aromatic rings. The number of anilines is 1. The van der Waals surface area contributed by atoms with Crippen LogP contribution in [0.3, 0.4) is 0 Å². The van der Waals surface area contributed by atoms with Gasteiger partial charge in [-0.25, -0.2) is 9.97 Å². The van der Waals surface area contributed by atoms with Crippen molar-refractivity contribution < 1.29 is 4.74 Å². The predicted octanol–water partition coefficient (Wildman–Crippen LogP) is 2.36. The molecule has 0 spiro atoms. The monoisotopic (exact) mass is 270 g/mol. The van der Waals surface area contributed by atoms with E-state index in [9.17, 15) is 0 Å². The van der Waals surface area contributed by atoms with E-state index in [1.54, 1.807) is 13.4 Å². The zero-order valence-corrected chi connectivity index (χ0v) is 11.6. The van der Waals surface area contributed by atoms with Crippen molar-refractivity contribution in [3.8, 4) is 0 Å². The molecule has 1 fully saturated rings. The van der Waals surface area contributed by atoms with Crippen molar-refractivity contribution in [3.05, 3.63) is 48.2 Å². The number of aromatic nitrogens is 3. The number of rotatable bonds is 4. The standard InChI is InChI=1S/C15H18N4O/c1-20-10-13-8-15(18-11-17-13)19-7-3-5-14(19)12-4-2-6-16-9-12/h2,4,6,8-9,11,14H,3,5,7,10H2,1H3. The SMILES string of the molecule is COCc1cc(N2CCCC2c2cccnc2)ncn1. The molecule has 0 N–H and O–H groups in total. The lowest BCUT2D eigenvalue weighted by Gasteiger charge is -2.26. The van der Waals surface area contributed by atoms with Crippen molar-refractivity contribution in [2.75, 3.05) is 18.6 Å². The molecule has 5 nitrogen and oxygen atoms in total. The van der Waals surface area contributed by atoms with Crippen LogP contribution >= 0.6 is 0 Å². The molecule has 0 amide bonds. The Morgan fingerprint density at radius 3 is 3.15 bits per heavy atom. The van der Waals surface area contributed by atoms with E-state index in [-0.39, 0.29) is 0 Å². The average Bonchev–Trinajstić information content (AvgIpc) is 2.98. The van der Waals surface area contributed by atoms with Crippen molar-refractivity contribution >= 4 is 5.82 Å². The van der Waals surface area contributed by atoms with Gasteiger partial charge in [-0.3, -0.25) is 4.98 Å². The van der Waals surface area contributed by atoms with Gasteiger partial charge in [0.1, 0.15) is 12.1 Å². The third-order valence-electron chi connectivity index (χ3n) is 3.62. The summed E-state index contributed by atoms with van der Waals surface area (Å²) < 4.78 is 5.14. The maximum atomic E-state index is 5.14. The van der Waals surface area contributed by atoms with Crippen LogP contribution in [-0.2, 0) is 11.3 Å². The van der Waals surface area contributed by atoms with Crippen LogP contribution in [0.5, 0.6) is 0 Å². The van der Waals surface area contributed by atoms with Crippen LogP contribution in [0.1, 0.15) is 30.1 Å². The minimum absolute atomic E-state index is 0.356. The molecule has 5 heteroatoms. The zero-order chi connectivity index (χ0) is 13.8. The highest BCUT2D eigenvalue weighted by Crippen LogP contribution is 2.34. The molecule has 0 aromatic carbocycles. The Kier molecular flexibility index (Phi) is 3.87. The molecule has 2 aromatic heterocycles. The number of ether oxygens (including phenoxy) is 1. The molecule has 0 aliphatic carbocycles. The minimum Gasteiger partial charge on any atom is -0.378 e. The number of hydrogen-bond donors (Lipinski definition) is 0. The highest BCUT2D eigenvalue weighted by molar-refractivity contribution is 5.44. The lowest BCUT2D eigenvalue weighted by atomic mass is 10.1. The molecular weight excluding hydrogens is 252 g/mol. The van der Waals surface area contributed by atoms with Gasteiger partial charge in [-0.2, -0.15) is 0 Å². The van der Waals surface area contributed by atoms with Crippen LogP contribution in [0.15, 0.2) is 36.9 Å². The summed E-state index contributed by atoms with van der Waals surface area (Å²) in [4.78, 5) is 15.2. The lowest BCUT2D eigenvalue weighted by molar-refractivity contribution is 0.181. The Balaban J connectivity index is 1.87. The second kappa shape index (κ2) is 5.96. The first-order valence-electron chi connectivity index (χ1n) is 6.85. The number of methoxy groups -OCH3 is 1. The Hall–Kier alpha value is -2.01. The fourth-order valence-corrected chi connectivity index (χ4v) is 2.73. The van der Waals surface area contributed by atoms with Crippen molar-refractivity contribution in [1.29, 1.82) is 0 Å².